The third-order valence-electron chi connectivity index (χ3n) is 24.0. The van der Waals surface area contributed by atoms with E-state index in [1.165, 1.54) is 55.5 Å². The Morgan fingerprint density at radius 1 is 0.320 bits per heavy atom. The molecule has 0 unspecified atom stereocenters. The van der Waals surface area contributed by atoms with Crippen LogP contribution in [0, 0.1) is 23.7 Å². The first-order chi connectivity index (χ1) is 70.8. The smallest absolute Gasteiger partial charge is 0.490 e. The lowest BCUT2D eigenvalue weighted by molar-refractivity contribution is -0.192. The number of amides is 16. The number of unbranched alkanes of at least 4 members (excludes halogenated alkanes) is 1. The molecule has 3 aromatic heterocycles. The topological polar surface area (TPSA) is 745 Å². The average Bonchev–Trinajstić information content (AvgIpc) is 1.67. The molecule has 14 atom stereocenters. The van der Waals surface area contributed by atoms with Crippen molar-refractivity contribution in [2.75, 3.05) is 13.1 Å². The monoisotopic (exact) mass is 2100 g/mol. The van der Waals surface area contributed by atoms with Crippen molar-refractivity contribution in [1.82, 2.24) is 89.4 Å². The van der Waals surface area contributed by atoms with Crippen LogP contribution < -0.4 is 97.4 Å². The van der Waals surface area contributed by atoms with Crippen LogP contribution in [0.5, 0.6) is 11.5 Å². The number of primary amides is 2. The number of alkyl halides is 3. The number of aromatic nitrogens is 3. The predicted molar refractivity (Wildman–Crippen MR) is 543 cm³/mol. The molecule has 30 N–H and O–H groups in total. The van der Waals surface area contributed by atoms with E-state index in [-0.39, 0.29) is 101 Å². The lowest BCUT2D eigenvalue weighted by Crippen LogP contribution is -2.61. The highest BCUT2D eigenvalue weighted by molar-refractivity contribution is 6.02. The fourth-order valence-corrected chi connectivity index (χ4v) is 16.3. The van der Waals surface area contributed by atoms with Crippen molar-refractivity contribution < 1.29 is 130 Å². The molecule has 0 spiro atoms. The van der Waals surface area contributed by atoms with Crippen molar-refractivity contribution in [2.45, 2.75) is 262 Å². The number of hydrogen-bond donors (Lipinski definition) is 26. The molecule has 0 aliphatic rings. The molecule has 0 saturated heterocycles. The molecule has 0 aliphatic carbocycles. The maximum absolute atomic E-state index is 15.3. The van der Waals surface area contributed by atoms with Gasteiger partial charge in [0.25, 0.3) is 0 Å². The van der Waals surface area contributed by atoms with Crippen LogP contribution in [0.25, 0.3) is 32.7 Å². The molecule has 8 aromatic rings. The number of benzene rings is 5. The number of H-pyrrole nitrogens is 3. The minimum atomic E-state index is -5.08. The summed E-state index contributed by atoms with van der Waals surface area (Å²) in [4.78, 5) is 273. The summed E-state index contributed by atoms with van der Waals surface area (Å²) in [5, 5.41) is 86.5. The van der Waals surface area contributed by atoms with E-state index in [0.717, 1.165) is 10.9 Å². The highest BCUT2D eigenvalue weighted by Crippen LogP contribution is 2.26. The number of carbonyl (C=O) groups is 19. The largest absolute Gasteiger partial charge is 0.508 e. The third kappa shape index (κ3) is 39.6. The first kappa shape index (κ1) is 121. The van der Waals surface area contributed by atoms with Gasteiger partial charge in [-0.15, -0.1) is 0 Å². The number of carboxylic acid groups (broad SMARTS) is 3. The molecular formula is C102H136F3N21O24. The van der Waals surface area contributed by atoms with Gasteiger partial charge in [0.2, 0.25) is 94.5 Å². The van der Waals surface area contributed by atoms with Gasteiger partial charge in [0, 0.05) is 96.2 Å². The van der Waals surface area contributed by atoms with E-state index in [1.807, 2.05) is 0 Å². The first-order valence-corrected chi connectivity index (χ1v) is 49.0. The van der Waals surface area contributed by atoms with Gasteiger partial charge in [0.05, 0.1) is 13.0 Å². The molecular weight excluding hydrogens is 1960 g/mol. The van der Waals surface area contributed by atoms with Crippen LogP contribution >= 0.6 is 0 Å². The molecule has 8 rings (SSSR count). The zero-order valence-electron chi connectivity index (χ0n) is 84.5. The van der Waals surface area contributed by atoms with Crippen molar-refractivity contribution in [3.8, 4) is 11.5 Å². The number of aromatic hydroxyl groups is 2. The zero-order chi connectivity index (χ0) is 111. The van der Waals surface area contributed by atoms with Crippen molar-refractivity contribution in [3.05, 3.63) is 168 Å². The minimum Gasteiger partial charge on any atom is -0.508 e. The molecule has 814 valence electrons. The van der Waals surface area contributed by atoms with Crippen LogP contribution in [-0.2, 0) is 123 Å². The van der Waals surface area contributed by atoms with E-state index < -0.39 is 254 Å². The second-order valence-electron chi connectivity index (χ2n) is 38.3. The third-order valence-corrected chi connectivity index (χ3v) is 24.0. The average molecular weight is 2100 g/mol. The van der Waals surface area contributed by atoms with Gasteiger partial charge in [0.15, 0.2) is 0 Å². The SMILES string of the molecule is CC(C)C[C@H](NC(=O)[C@H](C)NC(=O)[C@H](CCC(=O)O)NC(=O)[C@H](Cc1c[nH]c2ccccc12)NC(=O)CN)C(=O)N[C@@H](CCCCN)C(=O)N[C@@H](Cc1ccc(O)cc1)C(=O)N[C@@H](CC(C)C)C(=O)N[C@@H](Cc1c[nH]c2ccccc12)C(=O)N[C@@H](CC(N)=O)C(=O)N[C@@H](CC(C)C)C(=O)N[C@@H](CC(C)C)C(=O)N[C@@H](CCC(N)=O)C(=O)N[C@@H](Cc1ccc(O)cc1)C(=O)N[C@@H](Cc1c[nH]c2ccccc12)C(=O)O.O=C(O)C(F)(F)F. The fourth-order valence-electron chi connectivity index (χ4n) is 16.3. The number of fused-ring (bicyclic) bond motifs is 3. The minimum absolute atomic E-state index is 0.0565. The van der Waals surface area contributed by atoms with Gasteiger partial charge >= 0.3 is 24.1 Å². The number of carboxylic acids is 3. The molecule has 0 radical (unpaired) electrons. The predicted octanol–water partition coefficient (Wildman–Crippen LogP) is 1.86. The maximum Gasteiger partial charge on any atom is 0.490 e. The van der Waals surface area contributed by atoms with Crippen molar-refractivity contribution in [2.24, 2.45) is 46.6 Å². The van der Waals surface area contributed by atoms with Crippen LogP contribution in [0.2, 0.25) is 0 Å². The van der Waals surface area contributed by atoms with Crippen LogP contribution in [0.1, 0.15) is 167 Å². The van der Waals surface area contributed by atoms with E-state index in [0.29, 0.717) is 56.0 Å². The van der Waals surface area contributed by atoms with Gasteiger partial charge < -0.3 is 138 Å². The van der Waals surface area contributed by atoms with E-state index in [1.54, 1.807) is 147 Å². The number of nitrogens with two attached hydrogens (primary N) is 4. The van der Waals surface area contributed by atoms with E-state index in [4.69, 9.17) is 32.8 Å². The highest BCUT2D eigenvalue weighted by Gasteiger charge is 2.42. The molecule has 0 aliphatic heterocycles. The molecule has 16 amide bonds. The van der Waals surface area contributed by atoms with Gasteiger partial charge in [-0.3, -0.25) is 81.5 Å². The Balaban J connectivity index is 0.00000419. The lowest BCUT2D eigenvalue weighted by Gasteiger charge is -2.29. The number of rotatable bonds is 59. The Bertz CT molecular complexity index is 6030. The van der Waals surface area contributed by atoms with Gasteiger partial charge in [0.1, 0.15) is 96.1 Å². The number of phenolic OH excluding ortho intramolecular Hbond substituents is 2. The Morgan fingerprint density at radius 3 is 0.927 bits per heavy atom. The second-order valence-corrected chi connectivity index (χ2v) is 38.3. The van der Waals surface area contributed by atoms with Crippen molar-refractivity contribution in [1.29, 1.82) is 0 Å². The van der Waals surface area contributed by atoms with E-state index in [2.05, 4.69) is 89.4 Å². The normalized spacial score (nSPS) is 14.2. The summed E-state index contributed by atoms with van der Waals surface area (Å²) < 4.78 is 31.7. The maximum atomic E-state index is 15.3. The summed E-state index contributed by atoms with van der Waals surface area (Å²) in [6, 6.07) is 10.4. The molecule has 45 nitrogen and oxygen atoms in total. The number of halogens is 3. The molecule has 48 heteroatoms. The van der Waals surface area contributed by atoms with Crippen LogP contribution in [-0.4, -0.2) is 257 Å². The molecule has 0 fully saturated rings. The lowest BCUT2D eigenvalue weighted by atomic mass is 9.98. The number of nitrogens with one attached hydrogen (secondary N) is 17. The summed E-state index contributed by atoms with van der Waals surface area (Å²) in [5.74, 6) is -22.9. The Kier molecular flexibility index (Phi) is 47.1. The number of aliphatic carboxylic acids is 3. The first-order valence-electron chi connectivity index (χ1n) is 49.0. The van der Waals surface area contributed by atoms with Crippen LogP contribution in [0.4, 0.5) is 13.2 Å². The second kappa shape index (κ2) is 58.5. The van der Waals surface area contributed by atoms with E-state index >= 15 is 19.2 Å². The highest BCUT2D eigenvalue weighted by atomic mass is 19.4. The van der Waals surface area contributed by atoms with Gasteiger partial charge in [-0.1, -0.05) is 134 Å². The van der Waals surface area contributed by atoms with Gasteiger partial charge in [-0.2, -0.15) is 13.2 Å². The summed E-state index contributed by atoms with van der Waals surface area (Å²) in [6.07, 6.45) is -4.49. The summed E-state index contributed by atoms with van der Waals surface area (Å²) >= 11 is 0. The number of para-hydroxylation sites is 3. The fraction of sp³-hybridized carbons (Fsp3) is 0.461. The van der Waals surface area contributed by atoms with Gasteiger partial charge in [-0.05, 0) is 165 Å². The Hall–Kier alpha value is -16.0. The summed E-state index contributed by atoms with van der Waals surface area (Å²) in [6.45, 7) is 14.7. The van der Waals surface area contributed by atoms with E-state index in [9.17, 15) is 101 Å². The molecule has 3 heterocycles. The zero-order valence-corrected chi connectivity index (χ0v) is 84.5. The van der Waals surface area contributed by atoms with Crippen molar-refractivity contribution in [3.63, 3.8) is 0 Å². The molecule has 150 heavy (non-hydrogen) atoms. The Morgan fingerprint density at radius 2 is 0.600 bits per heavy atom. The quantitative estimate of drug-likeness (QED) is 0.0242. The standard InChI is InChI=1S/C100H135N21O22.C2HF3O2/c1-52(2)38-73(113-87(129)56(9)108-88(130)72(34-36-86(127)128)112-97(139)79(109-85(126)48-102)44-59-49-105-67-21-13-10-18-64(59)67)91(133)110-70(24-16-17-37-101)89(131)117-77(42-57-25-29-62(122)30-26-57)95(137)115-76(41-55(7)8)94(136)119-80(45-60-50-106-68-22-14-11-19-65(60)68)98(140)120-81(47-84(104)125)99(141)116-75(40-54(5)6)93(135)114-74(39-53(3)4)92(134)111-71(33-35-83(103)124)90(132)118-78(43-58-27-31-63(123)32-28-58)96(138)121-82(100(142)143)46-61-51-107-69-23-15-12-20-66(61)69;3-2(4,5)1(6)7/h10-15,18-23,25-32,49-56,70-82,105-107,122-123H,16-17,24,33-48,101-102H2,1-9H3,(H2,103,124)(H2,104,125)(H,108,130)(H,109,126)(H,110,133)(H,111,134)(H,112,139)(H,113,129)(H,114,135)(H,115,137)(H,116,141)(H,117,131)(H,118,132)(H,119,136)(H,120,140)(H,121,138)(H,127,128)(H,142,143);(H,6,7)/t56-,70-,71-,72-,73-,74-,75-,76-,77-,78-,79-,80-,81-,82-;/m0./s1. The van der Waals surface area contributed by atoms with Crippen LogP contribution in [0.15, 0.2) is 140 Å². The summed E-state index contributed by atoms with van der Waals surface area (Å²) in [5.41, 5.74) is 27.4. The van der Waals surface area contributed by atoms with Gasteiger partial charge in [-0.25, -0.2) is 9.59 Å². The number of carbonyl (C=O) groups excluding carboxylic acids is 16. The summed E-state index contributed by atoms with van der Waals surface area (Å²) in [7, 11) is 0. The van der Waals surface area contributed by atoms with Crippen molar-refractivity contribution >= 4 is 145 Å². The molecule has 5 aromatic carbocycles. The number of phenols is 2. The molecule has 0 bridgehead atoms. The Labute approximate surface area is 861 Å². The van der Waals surface area contributed by atoms with Crippen LogP contribution in [0.3, 0.4) is 0 Å². The number of aromatic amines is 3. The molecule has 0 saturated carbocycles. The number of hydrogen-bond acceptors (Lipinski definition) is 23.